The van der Waals surface area contributed by atoms with Gasteiger partial charge < -0.3 is 84.2 Å². The Balaban J connectivity index is 1.59. The number of aliphatic hydroxyl groups excluding tert-OH is 10. The lowest BCUT2D eigenvalue weighted by Crippen LogP contribution is -2.66. The highest BCUT2D eigenvalue weighted by atomic mass is 32.2. The third-order valence-electron chi connectivity index (χ3n) is 7.26. The van der Waals surface area contributed by atoms with Gasteiger partial charge in [-0.2, -0.15) is 11.8 Å². The molecule has 0 bridgehead atoms. The zero-order chi connectivity index (χ0) is 31.8. The molecule has 0 unspecified atom stereocenters. The summed E-state index contributed by atoms with van der Waals surface area (Å²) in [7, 11) is 1.28. The maximum absolute atomic E-state index is 11.2. The van der Waals surface area contributed by atoms with E-state index in [1.807, 2.05) is 0 Å². The number of aliphatic hydroxyl groups is 10. The van der Waals surface area contributed by atoms with Gasteiger partial charge in [0.05, 0.1) is 40.0 Å². The molecule has 0 aliphatic carbocycles. The second-order valence-corrected chi connectivity index (χ2v) is 11.3. The molecule has 15 atom stereocenters. The zero-order valence-electron chi connectivity index (χ0n) is 23.3. The van der Waals surface area contributed by atoms with Crippen LogP contribution in [0, 0.1) is 0 Å². The first-order chi connectivity index (χ1) is 20.5. The van der Waals surface area contributed by atoms with Crippen molar-refractivity contribution in [2.24, 2.45) is 0 Å². The van der Waals surface area contributed by atoms with Crippen LogP contribution in [-0.2, 0) is 38.0 Å². The van der Waals surface area contributed by atoms with Crippen LogP contribution in [0.25, 0.3) is 0 Å². The number of esters is 1. The highest BCUT2D eigenvalue weighted by Gasteiger charge is 2.53. The number of carbonyl (C=O) groups is 1. The summed E-state index contributed by atoms with van der Waals surface area (Å²) in [6.07, 6.45) is -24.3. The molecule has 252 valence electrons. The Hall–Kier alpha value is -0.820. The van der Waals surface area contributed by atoms with Crippen LogP contribution in [0.2, 0.25) is 0 Å². The second-order valence-electron chi connectivity index (χ2n) is 10.1. The Labute approximate surface area is 250 Å². The van der Waals surface area contributed by atoms with Crippen molar-refractivity contribution in [3.8, 4) is 0 Å². The van der Waals surface area contributed by atoms with Gasteiger partial charge in [-0.05, 0) is 0 Å². The average molecular weight is 651 g/mol. The minimum atomic E-state index is -1.92. The molecule has 18 nitrogen and oxygen atoms in total. The summed E-state index contributed by atoms with van der Waals surface area (Å²) >= 11 is 1.38. The van der Waals surface area contributed by atoms with Gasteiger partial charge in [0.1, 0.15) is 73.2 Å². The van der Waals surface area contributed by atoms with Crippen molar-refractivity contribution in [1.29, 1.82) is 0 Å². The van der Waals surface area contributed by atoms with Crippen LogP contribution >= 0.6 is 11.8 Å². The van der Waals surface area contributed by atoms with Crippen molar-refractivity contribution < 1.29 is 89.0 Å². The second kappa shape index (κ2) is 17.2. The fourth-order valence-corrected chi connectivity index (χ4v) is 5.49. The summed E-state index contributed by atoms with van der Waals surface area (Å²) in [5.74, 6) is 0.528. The molecule has 3 saturated heterocycles. The highest BCUT2D eigenvalue weighted by Crippen LogP contribution is 2.32. The van der Waals surface area contributed by atoms with E-state index in [0.29, 0.717) is 11.5 Å². The predicted molar refractivity (Wildman–Crippen MR) is 139 cm³/mol. The maximum Gasteiger partial charge on any atom is 0.306 e. The third-order valence-corrected chi connectivity index (χ3v) is 8.21. The Bertz CT molecular complexity index is 836. The Kier molecular flexibility index (Phi) is 14.7. The van der Waals surface area contributed by atoms with E-state index in [9.17, 15) is 55.9 Å². The van der Waals surface area contributed by atoms with Gasteiger partial charge >= 0.3 is 5.97 Å². The number of thioether (sulfide) groups is 1. The molecular weight excluding hydrogens is 608 g/mol. The van der Waals surface area contributed by atoms with Crippen LogP contribution in [-0.4, -0.2) is 194 Å². The fraction of sp³-hybridized carbons (Fsp3) is 0.958. The lowest BCUT2D eigenvalue weighted by atomic mass is 9.96. The number of methoxy groups -OCH3 is 1. The molecule has 19 heteroatoms. The molecule has 3 heterocycles. The van der Waals surface area contributed by atoms with E-state index in [1.54, 1.807) is 0 Å². The van der Waals surface area contributed by atoms with Gasteiger partial charge in [0.2, 0.25) is 0 Å². The molecule has 0 aromatic rings. The number of rotatable bonds is 14. The minimum absolute atomic E-state index is 0.0641. The van der Waals surface area contributed by atoms with Crippen molar-refractivity contribution in [2.45, 2.75) is 98.5 Å². The number of hydrogen-bond acceptors (Lipinski definition) is 19. The summed E-state index contributed by atoms with van der Waals surface area (Å²) in [5, 5.41) is 102. The first kappa shape index (κ1) is 36.6. The number of ether oxygens (including phenoxy) is 7. The highest BCUT2D eigenvalue weighted by molar-refractivity contribution is 7.99. The zero-order valence-corrected chi connectivity index (χ0v) is 24.1. The molecule has 0 aromatic heterocycles. The largest absolute Gasteiger partial charge is 0.469 e. The van der Waals surface area contributed by atoms with E-state index in [4.69, 9.17) is 28.4 Å². The van der Waals surface area contributed by atoms with Crippen LogP contribution in [0.15, 0.2) is 0 Å². The molecule has 0 radical (unpaired) electrons. The van der Waals surface area contributed by atoms with Gasteiger partial charge in [0, 0.05) is 11.5 Å². The van der Waals surface area contributed by atoms with Crippen LogP contribution in [0.1, 0.15) is 6.42 Å². The van der Waals surface area contributed by atoms with Crippen molar-refractivity contribution >= 4 is 17.7 Å². The molecular formula is C24H42O18S. The van der Waals surface area contributed by atoms with E-state index in [-0.39, 0.29) is 19.0 Å². The molecule has 0 saturated carbocycles. The quantitative estimate of drug-likeness (QED) is 0.0618. The molecule has 3 rings (SSSR count). The van der Waals surface area contributed by atoms with Crippen LogP contribution in [0.4, 0.5) is 0 Å². The van der Waals surface area contributed by atoms with E-state index < -0.39 is 112 Å². The Morgan fingerprint density at radius 1 is 0.628 bits per heavy atom. The minimum Gasteiger partial charge on any atom is -0.469 e. The van der Waals surface area contributed by atoms with Crippen LogP contribution < -0.4 is 0 Å². The molecule has 10 N–H and O–H groups in total. The number of carbonyl (C=O) groups excluding carboxylic acids is 1. The van der Waals surface area contributed by atoms with E-state index in [2.05, 4.69) is 4.74 Å². The van der Waals surface area contributed by atoms with Crippen molar-refractivity contribution in [3.63, 3.8) is 0 Å². The molecule has 3 fully saturated rings. The summed E-state index contributed by atoms with van der Waals surface area (Å²) in [4.78, 5) is 11.2. The summed E-state index contributed by atoms with van der Waals surface area (Å²) in [5.41, 5.74) is 0. The van der Waals surface area contributed by atoms with Gasteiger partial charge in [-0.25, -0.2) is 0 Å². The summed E-state index contributed by atoms with van der Waals surface area (Å²) in [6.45, 7) is -2.23. The first-order valence-electron chi connectivity index (χ1n) is 13.6. The van der Waals surface area contributed by atoms with Crippen molar-refractivity contribution in [3.05, 3.63) is 0 Å². The Morgan fingerprint density at radius 2 is 1.09 bits per heavy atom. The summed E-state index contributed by atoms with van der Waals surface area (Å²) in [6, 6.07) is 0. The number of hydrogen-bond donors (Lipinski definition) is 10. The standard InChI is InChI=1S/C24H42O18S/c1-36-12(28)2-4-43-5-3-37-22-18(34)15(31)20(10(7-26)39-22)42-24-19(35)16(32)21(11(8-27)40-24)41-23-17(33)14(30)13(29)9(6-25)38-23/h9-11,13-27,29-35H,2-8H2,1H3/t9-,10-,11-,13+,14+,15-,16-,17-,18-,19-,20-,21+,22+,23+,24+/m1/s1. The SMILES string of the molecule is COC(=O)CCSCCO[C@H]1O[C@H](CO)[C@@H](O[C@@H]2O[C@H](CO)[C@H](O[C@@H]3O[C@H](CO)[C@H](O)[C@H](O)[C@H]3O)[C@H](O)[C@H]2O)[C@H](O)[C@H]1O. The third kappa shape index (κ3) is 8.92. The van der Waals surface area contributed by atoms with Gasteiger partial charge in [0.25, 0.3) is 0 Å². The summed E-state index contributed by atoms with van der Waals surface area (Å²) < 4.78 is 37.5. The van der Waals surface area contributed by atoms with E-state index >= 15 is 0 Å². The Morgan fingerprint density at radius 3 is 1.60 bits per heavy atom. The molecule has 0 aromatic carbocycles. The topological polar surface area (TPSA) is 284 Å². The van der Waals surface area contributed by atoms with E-state index in [0.717, 1.165) is 0 Å². The van der Waals surface area contributed by atoms with E-state index in [1.165, 1.54) is 18.9 Å². The molecule has 43 heavy (non-hydrogen) atoms. The lowest BCUT2D eigenvalue weighted by molar-refractivity contribution is -0.379. The lowest BCUT2D eigenvalue weighted by Gasteiger charge is -2.48. The van der Waals surface area contributed by atoms with Crippen molar-refractivity contribution in [1.82, 2.24) is 0 Å². The van der Waals surface area contributed by atoms with Gasteiger partial charge in [-0.1, -0.05) is 0 Å². The van der Waals surface area contributed by atoms with Gasteiger partial charge in [0.15, 0.2) is 18.9 Å². The predicted octanol–water partition coefficient (Wildman–Crippen LogP) is -6.25. The smallest absolute Gasteiger partial charge is 0.306 e. The van der Waals surface area contributed by atoms with Crippen molar-refractivity contribution in [2.75, 3.05) is 45.0 Å². The fourth-order valence-electron chi connectivity index (χ4n) is 4.76. The molecule has 3 aliphatic rings. The molecule has 3 aliphatic heterocycles. The molecule has 0 amide bonds. The average Bonchev–Trinajstić information content (AvgIpc) is 3.01. The maximum atomic E-state index is 11.2. The normalized spacial score (nSPS) is 43.8. The van der Waals surface area contributed by atoms with Crippen LogP contribution in [0.5, 0.6) is 0 Å². The first-order valence-corrected chi connectivity index (χ1v) is 14.8. The monoisotopic (exact) mass is 650 g/mol. The van der Waals surface area contributed by atoms with Gasteiger partial charge in [-0.3, -0.25) is 4.79 Å². The molecule has 0 spiro atoms. The van der Waals surface area contributed by atoms with Gasteiger partial charge in [-0.15, -0.1) is 0 Å². The van der Waals surface area contributed by atoms with Crippen LogP contribution in [0.3, 0.4) is 0 Å².